The molecule has 1 heterocycles. The van der Waals surface area contributed by atoms with Gasteiger partial charge in [0, 0.05) is 5.92 Å². The number of hydrogen-bond donors (Lipinski definition) is 2. The Bertz CT molecular complexity index is 504. The van der Waals surface area contributed by atoms with Crippen molar-refractivity contribution in [1.82, 2.24) is 14.8 Å². The van der Waals surface area contributed by atoms with Crippen LogP contribution in [0, 0.1) is 0 Å². The minimum absolute atomic E-state index is 0.161. The number of nitrogens with two attached hydrogens (primary N) is 1. The molecule has 0 aliphatic carbocycles. The van der Waals surface area contributed by atoms with Crippen LogP contribution in [0.3, 0.4) is 0 Å². The summed E-state index contributed by atoms with van der Waals surface area (Å²) in [5.41, 5.74) is 6.17. The number of anilines is 1. The van der Waals surface area contributed by atoms with E-state index in [2.05, 4.69) is 10.1 Å². The second-order valence-corrected chi connectivity index (χ2v) is 3.88. The van der Waals surface area contributed by atoms with Crippen molar-refractivity contribution in [2.45, 2.75) is 19.8 Å². The standard InChI is InChI=1S/C11H14N4O/c1-7(2)10-13-11(12)14-15(10)8-5-3-4-6-9(8)16/h3-7,16H,1-2H3,(H2,12,14). The van der Waals surface area contributed by atoms with Crippen molar-refractivity contribution in [1.29, 1.82) is 0 Å². The zero-order valence-electron chi connectivity index (χ0n) is 9.25. The number of rotatable bonds is 2. The van der Waals surface area contributed by atoms with Crippen LogP contribution in [0.4, 0.5) is 5.95 Å². The highest BCUT2D eigenvalue weighted by atomic mass is 16.3. The summed E-state index contributed by atoms with van der Waals surface area (Å²) in [6.07, 6.45) is 0. The molecule has 0 aliphatic heterocycles. The maximum Gasteiger partial charge on any atom is 0.240 e. The minimum atomic E-state index is 0.161. The Morgan fingerprint density at radius 3 is 2.62 bits per heavy atom. The number of phenols is 1. The van der Waals surface area contributed by atoms with Crippen molar-refractivity contribution in [2.75, 3.05) is 5.73 Å². The molecule has 16 heavy (non-hydrogen) atoms. The lowest BCUT2D eigenvalue weighted by molar-refractivity contribution is 0.469. The molecule has 5 nitrogen and oxygen atoms in total. The second kappa shape index (κ2) is 3.84. The van der Waals surface area contributed by atoms with Crippen LogP contribution in [0.2, 0.25) is 0 Å². The monoisotopic (exact) mass is 218 g/mol. The number of phenolic OH excluding ortho intramolecular Hbond substituents is 1. The first kappa shape index (κ1) is 10.5. The third-order valence-electron chi connectivity index (χ3n) is 2.27. The summed E-state index contributed by atoms with van der Waals surface area (Å²) < 4.78 is 1.58. The smallest absolute Gasteiger partial charge is 0.240 e. The Hall–Kier alpha value is -2.04. The van der Waals surface area contributed by atoms with Crippen LogP contribution in [0.25, 0.3) is 5.69 Å². The maximum absolute atomic E-state index is 9.75. The maximum atomic E-state index is 9.75. The number of para-hydroxylation sites is 2. The van der Waals surface area contributed by atoms with Crippen molar-refractivity contribution in [3.8, 4) is 11.4 Å². The molecule has 0 fully saturated rings. The number of nitrogen functional groups attached to an aromatic ring is 1. The first-order valence-corrected chi connectivity index (χ1v) is 5.10. The predicted molar refractivity (Wildman–Crippen MR) is 61.5 cm³/mol. The van der Waals surface area contributed by atoms with Gasteiger partial charge in [0.2, 0.25) is 5.95 Å². The van der Waals surface area contributed by atoms with Crippen molar-refractivity contribution in [2.24, 2.45) is 0 Å². The molecule has 0 aliphatic rings. The molecule has 0 bridgehead atoms. The number of hydrogen-bond acceptors (Lipinski definition) is 4. The number of aromatic nitrogens is 3. The van der Waals surface area contributed by atoms with Crippen LogP contribution in [-0.2, 0) is 0 Å². The van der Waals surface area contributed by atoms with Gasteiger partial charge in [-0.15, -0.1) is 5.10 Å². The fourth-order valence-electron chi connectivity index (χ4n) is 1.53. The summed E-state index contributed by atoms with van der Waals surface area (Å²) in [5, 5.41) is 13.8. The van der Waals surface area contributed by atoms with Crippen molar-refractivity contribution in [3.63, 3.8) is 0 Å². The van der Waals surface area contributed by atoms with E-state index in [1.165, 1.54) is 0 Å². The minimum Gasteiger partial charge on any atom is -0.506 e. The van der Waals surface area contributed by atoms with E-state index in [0.717, 1.165) is 5.82 Å². The number of aromatic hydroxyl groups is 1. The van der Waals surface area contributed by atoms with Crippen LogP contribution in [0.1, 0.15) is 25.6 Å². The Labute approximate surface area is 93.5 Å². The van der Waals surface area contributed by atoms with Gasteiger partial charge in [-0.1, -0.05) is 26.0 Å². The third kappa shape index (κ3) is 1.71. The molecular weight excluding hydrogens is 204 g/mol. The van der Waals surface area contributed by atoms with Gasteiger partial charge in [0.1, 0.15) is 17.3 Å². The molecule has 5 heteroatoms. The fraction of sp³-hybridized carbons (Fsp3) is 0.273. The summed E-state index contributed by atoms with van der Waals surface area (Å²) in [4.78, 5) is 4.15. The van der Waals surface area contributed by atoms with Crippen LogP contribution in [0.15, 0.2) is 24.3 Å². The lowest BCUT2D eigenvalue weighted by Gasteiger charge is -2.09. The highest BCUT2D eigenvalue weighted by Gasteiger charge is 2.14. The van der Waals surface area contributed by atoms with E-state index in [0.29, 0.717) is 5.69 Å². The quantitative estimate of drug-likeness (QED) is 0.804. The number of nitrogens with zero attached hydrogens (tertiary/aromatic N) is 3. The van der Waals surface area contributed by atoms with Gasteiger partial charge in [0.05, 0.1) is 0 Å². The van der Waals surface area contributed by atoms with Gasteiger partial charge in [-0.2, -0.15) is 4.98 Å². The lowest BCUT2D eigenvalue weighted by Crippen LogP contribution is -2.04. The summed E-state index contributed by atoms with van der Waals surface area (Å²) in [6, 6.07) is 6.97. The zero-order valence-corrected chi connectivity index (χ0v) is 9.25. The molecule has 0 atom stereocenters. The lowest BCUT2D eigenvalue weighted by atomic mass is 10.2. The molecular formula is C11H14N4O. The van der Waals surface area contributed by atoms with E-state index in [1.54, 1.807) is 22.9 Å². The van der Waals surface area contributed by atoms with Crippen LogP contribution in [0.5, 0.6) is 5.75 Å². The van der Waals surface area contributed by atoms with Crippen molar-refractivity contribution in [3.05, 3.63) is 30.1 Å². The first-order chi connectivity index (χ1) is 7.59. The molecule has 0 saturated heterocycles. The van der Waals surface area contributed by atoms with E-state index < -0.39 is 0 Å². The molecule has 3 N–H and O–H groups in total. The van der Waals surface area contributed by atoms with Gasteiger partial charge in [0.15, 0.2) is 0 Å². The zero-order chi connectivity index (χ0) is 11.7. The third-order valence-corrected chi connectivity index (χ3v) is 2.27. The summed E-state index contributed by atoms with van der Waals surface area (Å²) in [6.45, 7) is 4.00. The Morgan fingerprint density at radius 1 is 1.31 bits per heavy atom. The Kier molecular flexibility index (Phi) is 2.52. The Morgan fingerprint density at radius 2 is 2.00 bits per heavy atom. The normalized spacial score (nSPS) is 10.9. The molecule has 0 amide bonds. The average molecular weight is 218 g/mol. The van der Waals surface area contributed by atoms with Crippen LogP contribution in [-0.4, -0.2) is 19.9 Å². The second-order valence-electron chi connectivity index (χ2n) is 3.88. The summed E-state index contributed by atoms with van der Waals surface area (Å²) in [7, 11) is 0. The largest absolute Gasteiger partial charge is 0.506 e. The Balaban J connectivity index is 2.60. The molecule has 1 aromatic heterocycles. The van der Waals surface area contributed by atoms with Crippen LogP contribution >= 0.6 is 0 Å². The molecule has 84 valence electrons. The van der Waals surface area contributed by atoms with Crippen molar-refractivity contribution < 1.29 is 5.11 Å². The first-order valence-electron chi connectivity index (χ1n) is 5.10. The topological polar surface area (TPSA) is 77.0 Å². The van der Waals surface area contributed by atoms with E-state index in [1.807, 2.05) is 19.9 Å². The van der Waals surface area contributed by atoms with Crippen molar-refractivity contribution >= 4 is 5.95 Å². The summed E-state index contributed by atoms with van der Waals surface area (Å²) >= 11 is 0. The SMILES string of the molecule is CC(C)c1nc(N)nn1-c1ccccc1O. The van der Waals surface area contributed by atoms with Gasteiger partial charge < -0.3 is 10.8 Å². The molecule has 0 radical (unpaired) electrons. The average Bonchev–Trinajstić information content (AvgIpc) is 2.61. The molecule has 2 rings (SSSR count). The fourth-order valence-corrected chi connectivity index (χ4v) is 1.53. The van der Waals surface area contributed by atoms with E-state index in [9.17, 15) is 5.11 Å². The highest BCUT2D eigenvalue weighted by Crippen LogP contribution is 2.24. The van der Waals surface area contributed by atoms with Crippen LogP contribution < -0.4 is 5.73 Å². The van der Waals surface area contributed by atoms with Gasteiger partial charge in [-0.25, -0.2) is 4.68 Å². The van der Waals surface area contributed by atoms with E-state index in [-0.39, 0.29) is 17.6 Å². The molecule has 0 saturated carbocycles. The molecule has 1 aromatic carbocycles. The highest BCUT2D eigenvalue weighted by molar-refractivity contribution is 5.46. The number of benzene rings is 1. The van der Waals surface area contributed by atoms with Gasteiger partial charge in [-0.05, 0) is 12.1 Å². The van der Waals surface area contributed by atoms with Gasteiger partial charge in [-0.3, -0.25) is 0 Å². The molecule has 0 unspecified atom stereocenters. The molecule has 2 aromatic rings. The predicted octanol–water partition coefficient (Wildman–Crippen LogP) is 1.68. The van der Waals surface area contributed by atoms with E-state index >= 15 is 0 Å². The van der Waals surface area contributed by atoms with Gasteiger partial charge in [0.25, 0.3) is 0 Å². The van der Waals surface area contributed by atoms with E-state index in [4.69, 9.17) is 5.73 Å². The summed E-state index contributed by atoms with van der Waals surface area (Å²) in [5.74, 6) is 1.30. The molecule has 0 spiro atoms. The van der Waals surface area contributed by atoms with Gasteiger partial charge >= 0.3 is 0 Å².